The molecular weight excluding hydrogens is 300 g/mol. The van der Waals surface area contributed by atoms with Crippen molar-refractivity contribution in [3.8, 4) is 0 Å². The molecule has 0 spiro atoms. The normalized spacial score (nSPS) is 45.3. The van der Waals surface area contributed by atoms with E-state index in [1.807, 2.05) is 0 Å². The minimum Gasteiger partial charge on any atom is -0.462 e. The van der Waals surface area contributed by atoms with E-state index >= 15 is 0 Å². The van der Waals surface area contributed by atoms with Crippen LogP contribution in [-0.2, 0) is 14.3 Å². The van der Waals surface area contributed by atoms with Gasteiger partial charge in [-0.3, -0.25) is 4.79 Å². The molecule has 0 N–H and O–H groups in total. The van der Waals surface area contributed by atoms with E-state index in [1.165, 1.54) is 39.0 Å². The molecule has 0 amide bonds. The van der Waals surface area contributed by atoms with Gasteiger partial charge in [-0.25, -0.2) is 0 Å². The van der Waals surface area contributed by atoms with Crippen molar-refractivity contribution in [2.24, 2.45) is 22.7 Å². The number of hydrogen-bond acceptors (Lipinski definition) is 3. The Balaban J connectivity index is 1.85. The largest absolute Gasteiger partial charge is 0.462 e. The van der Waals surface area contributed by atoms with Crippen LogP contribution < -0.4 is 0 Å². The van der Waals surface area contributed by atoms with Crippen LogP contribution in [0.5, 0.6) is 0 Å². The lowest BCUT2D eigenvalue weighted by Gasteiger charge is -2.62. The fourth-order valence-corrected chi connectivity index (χ4v) is 6.69. The summed E-state index contributed by atoms with van der Waals surface area (Å²) in [6, 6.07) is 0. The number of fused-ring (bicyclic) bond motifs is 3. The maximum Gasteiger partial charge on any atom is 0.302 e. The van der Waals surface area contributed by atoms with E-state index in [4.69, 9.17) is 9.47 Å². The van der Waals surface area contributed by atoms with Gasteiger partial charge in [-0.2, -0.15) is 0 Å². The molecule has 2 saturated carbocycles. The molecule has 138 valence electrons. The third-order valence-electron chi connectivity index (χ3n) is 7.72. The van der Waals surface area contributed by atoms with Gasteiger partial charge in [0.1, 0.15) is 6.10 Å². The lowest BCUT2D eigenvalue weighted by molar-refractivity contribution is -0.204. The van der Waals surface area contributed by atoms with Gasteiger partial charge >= 0.3 is 5.97 Å². The zero-order chi connectivity index (χ0) is 17.6. The molecular formula is C21H36O3. The molecule has 1 heterocycles. The van der Waals surface area contributed by atoms with Crippen molar-refractivity contribution in [2.45, 2.75) is 97.7 Å². The molecule has 1 aliphatic heterocycles. The first kappa shape index (κ1) is 18.2. The number of carbonyl (C=O) groups excluding carboxylic acids is 1. The lowest BCUT2D eigenvalue weighted by atomic mass is 9.45. The standard InChI is InChI=1S/C21H36O3/c1-15(22)24-16-7-8-18-20(4)12-6-11-19(2,3)17(20)9-13-21(18,5)23-14-10-16/h16-18H,6-14H2,1-5H3. The highest BCUT2D eigenvalue weighted by Crippen LogP contribution is 2.63. The predicted octanol–water partition coefficient (Wildman–Crippen LogP) is 5.12. The average molecular weight is 337 g/mol. The molecule has 5 unspecified atom stereocenters. The molecule has 0 radical (unpaired) electrons. The van der Waals surface area contributed by atoms with E-state index in [0.717, 1.165) is 31.8 Å². The van der Waals surface area contributed by atoms with Gasteiger partial charge in [-0.15, -0.1) is 0 Å². The van der Waals surface area contributed by atoms with E-state index < -0.39 is 0 Å². The topological polar surface area (TPSA) is 35.5 Å². The Labute approximate surface area is 147 Å². The van der Waals surface area contributed by atoms with Crippen molar-refractivity contribution in [1.82, 2.24) is 0 Å². The quantitative estimate of drug-likeness (QED) is 0.623. The summed E-state index contributed by atoms with van der Waals surface area (Å²) in [5.74, 6) is 1.20. The Morgan fingerprint density at radius 3 is 2.42 bits per heavy atom. The van der Waals surface area contributed by atoms with Crippen LogP contribution in [0.15, 0.2) is 0 Å². The maximum atomic E-state index is 11.4. The summed E-state index contributed by atoms with van der Waals surface area (Å²) in [7, 11) is 0. The van der Waals surface area contributed by atoms with Crippen LogP contribution in [0, 0.1) is 22.7 Å². The maximum absolute atomic E-state index is 11.4. The van der Waals surface area contributed by atoms with Gasteiger partial charge in [0.2, 0.25) is 0 Å². The molecule has 0 bridgehead atoms. The van der Waals surface area contributed by atoms with Crippen molar-refractivity contribution in [3.63, 3.8) is 0 Å². The molecule has 0 aromatic carbocycles. The molecule has 0 aromatic rings. The molecule has 0 aromatic heterocycles. The van der Waals surface area contributed by atoms with E-state index in [-0.39, 0.29) is 17.7 Å². The van der Waals surface area contributed by atoms with Crippen molar-refractivity contribution >= 4 is 5.97 Å². The molecule has 3 heteroatoms. The zero-order valence-corrected chi connectivity index (χ0v) is 16.3. The summed E-state index contributed by atoms with van der Waals surface area (Å²) in [6.07, 6.45) is 9.48. The van der Waals surface area contributed by atoms with Crippen LogP contribution in [0.2, 0.25) is 0 Å². The number of hydrogen-bond donors (Lipinski definition) is 0. The van der Waals surface area contributed by atoms with E-state index in [9.17, 15) is 4.79 Å². The molecule has 24 heavy (non-hydrogen) atoms. The van der Waals surface area contributed by atoms with Crippen molar-refractivity contribution in [2.75, 3.05) is 6.61 Å². The third kappa shape index (κ3) is 3.13. The van der Waals surface area contributed by atoms with Crippen molar-refractivity contribution in [1.29, 1.82) is 0 Å². The first-order valence-electron chi connectivity index (χ1n) is 9.99. The van der Waals surface area contributed by atoms with Gasteiger partial charge in [-0.1, -0.05) is 27.2 Å². The minimum atomic E-state index is -0.158. The molecule has 5 atom stereocenters. The highest BCUT2D eigenvalue weighted by molar-refractivity contribution is 5.66. The van der Waals surface area contributed by atoms with Crippen LogP contribution in [0.4, 0.5) is 0 Å². The summed E-state index contributed by atoms with van der Waals surface area (Å²) in [4.78, 5) is 11.4. The van der Waals surface area contributed by atoms with Crippen molar-refractivity contribution in [3.05, 3.63) is 0 Å². The molecule has 3 aliphatic rings. The number of ether oxygens (including phenoxy) is 2. The van der Waals surface area contributed by atoms with Crippen LogP contribution >= 0.6 is 0 Å². The number of esters is 1. The van der Waals surface area contributed by atoms with E-state index in [2.05, 4.69) is 27.7 Å². The second kappa shape index (κ2) is 6.30. The third-order valence-corrected chi connectivity index (χ3v) is 7.72. The zero-order valence-electron chi connectivity index (χ0n) is 16.3. The fourth-order valence-electron chi connectivity index (χ4n) is 6.69. The van der Waals surface area contributed by atoms with Crippen LogP contribution in [0.1, 0.15) is 86.0 Å². The number of carbonyl (C=O) groups is 1. The summed E-state index contributed by atoms with van der Waals surface area (Å²) < 4.78 is 12.0. The molecule has 2 aliphatic carbocycles. The predicted molar refractivity (Wildman–Crippen MR) is 95.7 cm³/mol. The second-order valence-electron chi connectivity index (χ2n) is 9.75. The van der Waals surface area contributed by atoms with Crippen LogP contribution in [0.3, 0.4) is 0 Å². The summed E-state index contributed by atoms with van der Waals surface area (Å²) >= 11 is 0. The van der Waals surface area contributed by atoms with Gasteiger partial charge in [0, 0.05) is 13.3 Å². The monoisotopic (exact) mass is 336 g/mol. The Hall–Kier alpha value is -0.570. The van der Waals surface area contributed by atoms with Gasteiger partial charge < -0.3 is 9.47 Å². The second-order valence-corrected chi connectivity index (χ2v) is 9.75. The summed E-state index contributed by atoms with van der Waals surface area (Å²) in [5.41, 5.74) is 0.790. The minimum absolute atomic E-state index is 0.000135. The fraction of sp³-hybridized carbons (Fsp3) is 0.952. The smallest absolute Gasteiger partial charge is 0.302 e. The van der Waals surface area contributed by atoms with Crippen LogP contribution in [0.25, 0.3) is 0 Å². The molecule has 1 saturated heterocycles. The Morgan fingerprint density at radius 2 is 1.71 bits per heavy atom. The molecule has 3 rings (SSSR count). The Kier molecular flexibility index (Phi) is 4.79. The SMILES string of the molecule is CC(=O)OC1CCOC2(C)CCC3C(C)(C)CCCC3(C)C2CC1. The van der Waals surface area contributed by atoms with Crippen molar-refractivity contribution < 1.29 is 14.3 Å². The summed E-state index contributed by atoms with van der Waals surface area (Å²) in [5, 5.41) is 0. The highest BCUT2D eigenvalue weighted by atomic mass is 16.5. The first-order chi connectivity index (χ1) is 11.2. The summed E-state index contributed by atoms with van der Waals surface area (Å²) in [6.45, 7) is 12.1. The van der Waals surface area contributed by atoms with Gasteiger partial charge in [0.05, 0.1) is 12.2 Å². The lowest BCUT2D eigenvalue weighted by Crippen LogP contribution is -2.59. The Bertz CT molecular complexity index is 485. The van der Waals surface area contributed by atoms with E-state index in [0.29, 0.717) is 16.7 Å². The molecule has 3 fully saturated rings. The molecule has 3 nitrogen and oxygen atoms in total. The van der Waals surface area contributed by atoms with Gasteiger partial charge in [-0.05, 0) is 68.1 Å². The van der Waals surface area contributed by atoms with Gasteiger partial charge in [0.15, 0.2) is 0 Å². The Morgan fingerprint density at radius 1 is 0.958 bits per heavy atom. The van der Waals surface area contributed by atoms with E-state index in [1.54, 1.807) is 0 Å². The highest BCUT2D eigenvalue weighted by Gasteiger charge is 2.58. The first-order valence-corrected chi connectivity index (χ1v) is 9.99. The van der Waals surface area contributed by atoms with Gasteiger partial charge in [0.25, 0.3) is 0 Å². The average Bonchev–Trinajstić information content (AvgIpc) is 2.42. The van der Waals surface area contributed by atoms with Crippen LogP contribution in [-0.4, -0.2) is 24.3 Å². The number of rotatable bonds is 1.